The zero-order valence-electron chi connectivity index (χ0n) is 15.8. The molecule has 0 aromatic heterocycles. The molecule has 2 atom stereocenters. The highest BCUT2D eigenvalue weighted by Gasteiger charge is 2.29. The highest BCUT2D eigenvalue weighted by Crippen LogP contribution is 2.36. The second kappa shape index (κ2) is 8.41. The standard InChI is InChI=1S/C25H25NO2/c27-25(28)21-12-10-19(11-13-21)17-26-24-22(16-18-6-2-1-3-7-18)15-14-20-8-4-5-9-23(20)24/h1-13,22,24,26H,14-17H2,(H,27,28). The van der Waals surface area contributed by atoms with Crippen LogP contribution < -0.4 is 5.32 Å². The zero-order chi connectivity index (χ0) is 19.3. The van der Waals surface area contributed by atoms with Crippen LogP contribution in [0.2, 0.25) is 0 Å². The Morgan fingerprint density at radius 1 is 0.893 bits per heavy atom. The summed E-state index contributed by atoms with van der Waals surface area (Å²) in [6.45, 7) is 0.726. The summed E-state index contributed by atoms with van der Waals surface area (Å²) in [5.74, 6) is -0.348. The number of aryl methyl sites for hydroxylation is 1. The quantitative estimate of drug-likeness (QED) is 0.640. The van der Waals surface area contributed by atoms with Crippen molar-refractivity contribution in [2.24, 2.45) is 5.92 Å². The lowest BCUT2D eigenvalue weighted by Gasteiger charge is -2.35. The number of aromatic carboxylic acids is 1. The van der Waals surface area contributed by atoms with Crippen molar-refractivity contribution in [3.8, 4) is 0 Å². The molecule has 0 heterocycles. The summed E-state index contributed by atoms with van der Waals surface area (Å²) in [6, 6.07) is 26.9. The summed E-state index contributed by atoms with van der Waals surface area (Å²) in [7, 11) is 0. The second-order valence-electron chi connectivity index (χ2n) is 7.55. The van der Waals surface area contributed by atoms with Crippen LogP contribution in [0.3, 0.4) is 0 Å². The maximum Gasteiger partial charge on any atom is 0.335 e. The van der Waals surface area contributed by atoms with E-state index in [2.05, 4.69) is 59.9 Å². The van der Waals surface area contributed by atoms with Gasteiger partial charge in [0.2, 0.25) is 0 Å². The molecule has 0 spiro atoms. The van der Waals surface area contributed by atoms with Crippen LogP contribution in [-0.4, -0.2) is 11.1 Å². The third kappa shape index (κ3) is 4.15. The number of hydrogen-bond acceptors (Lipinski definition) is 2. The first-order chi connectivity index (χ1) is 13.7. The van der Waals surface area contributed by atoms with E-state index in [1.54, 1.807) is 12.1 Å². The monoisotopic (exact) mass is 371 g/mol. The van der Waals surface area contributed by atoms with Crippen LogP contribution in [0.15, 0.2) is 78.9 Å². The lowest BCUT2D eigenvalue weighted by molar-refractivity contribution is 0.0697. The fourth-order valence-electron chi connectivity index (χ4n) is 4.23. The lowest BCUT2D eigenvalue weighted by atomic mass is 9.77. The van der Waals surface area contributed by atoms with Gasteiger partial charge in [0.05, 0.1) is 5.56 Å². The molecule has 28 heavy (non-hydrogen) atoms. The Morgan fingerprint density at radius 3 is 2.36 bits per heavy atom. The average Bonchev–Trinajstić information content (AvgIpc) is 2.74. The maximum atomic E-state index is 11.1. The van der Waals surface area contributed by atoms with Crippen molar-refractivity contribution in [1.29, 1.82) is 0 Å². The molecular weight excluding hydrogens is 346 g/mol. The van der Waals surface area contributed by atoms with E-state index < -0.39 is 5.97 Å². The van der Waals surface area contributed by atoms with E-state index in [-0.39, 0.29) is 0 Å². The molecular formula is C25H25NO2. The molecule has 1 aliphatic carbocycles. The summed E-state index contributed by atoms with van der Waals surface area (Å²) >= 11 is 0. The number of rotatable bonds is 6. The van der Waals surface area contributed by atoms with Crippen molar-refractivity contribution in [2.45, 2.75) is 31.8 Å². The molecule has 3 aromatic carbocycles. The molecule has 0 fully saturated rings. The Labute approximate surface area is 166 Å². The van der Waals surface area contributed by atoms with E-state index in [9.17, 15) is 4.79 Å². The molecule has 0 radical (unpaired) electrons. The van der Waals surface area contributed by atoms with Crippen LogP contribution in [0.4, 0.5) is 0 Å². The molecule has 142 valence electrons. The second-order valence-corrected chi connectivity index (χ2v) is 7.55. The molecule has 0 aliphatic heterocycles. The van der Waals surface area contributed by atoms with E-state index in [1.807, 2.05) is 12.1 Å². The molecule has 0 saturated heterocycles. The zero-order valence-corrected chi connectivity index (χ0v) is 15.8. The predicted octanol–water partition coefficient (Wildman–Crippen LogP) is 5.02. The fraction of sp³-hybridized carbons (Fsp3) is 0.240. The third-order valence-electron chi connectivity index (χ3n) is 5.71. The Bertz CT molecular complexity index is 934. The number of benzene rings is 3. The summed E-state index contributed by atoms with van der Waals surface area (Å²) in [5, 5.41) is 12.8. The van der Waals surface area contributed by atoms with E-state index in [1.165, 1.54) is 23.1 Å². The topological polar surface area (TPSA) is 49.3 Å². The number of fused-ring (bicyclic) bond motifs is 1. The van der Waals surface area contributed by atoms with Crippen LogP contribution in [0, 0.1) is 5.92 Å². The summed E-state index contributed by atoms with van der Waals surface area (Å²) < 4.78 is 0. The van der Waals surface area contributed by atoms with E-state index in [4.69, 9.17) is 5.11 Å². The molecule has 1 aliphatic rings. The van der Waals surface area contributed by atoms with Crippen molar-refractivity contribution in [2.75, 3.05) is 0 Å². The Morgan fingerprint density at radius 2 is 1.61 bits per heavy atom. The van der Waals surface area contributed by atoms with Crippen LogP contribution in [0.5, 0.6) is 0 Å². The maximum absolute atomic E-state index is 11.1. The first-order valence-electron chi connectivity index (χ1n) is 9.88. The van der Waals surface area contributed by atoms with Crippen molar-refractivity contribution in [3.05, 3.63) is 107 Å². The number of carbonyl (C=O) groups is 1. The number of carboxylic acid groups (broad SMARTS) is 1. The summed E-state index contributed by atoms with van der Waals surface area (Å²) in [6.07, 6.45) is 3.35. The van der Waals surface area contributed by atoms with Gasteiger partial charge in [-0.3, -0.25) is 0 Å². The average molecular weight is 371 g/mol. The molecule has 4 rings (SSSR count). The van der Waals surface area contributed by atoms with E-state index >= 15 is 0 Å². The molecule has 2 unspecified atom stereocenters. The fourth-order valence-corrected chi connectivity index (χ4v) is 4.23. The molecule has 3 nitrogen and oxygen atoms in total. The van der Waals surface area contributed by atoms with E-state index in [0.717, 1.165) is 24.9 Å². The summed E-state index contributed by atoms with van der Waals surface area (Å²) in [4.78, 5) is 11.1. The predicted molar refractivity (Wildman–Crippen MR) is 111 cm³/mol. The number of carboxylic acids is 1. The minimum atomic E-state index is -0.886. The molecule has 0 amide bonds. The van der Waals surface area contributed by atoms with Crippen molar-refractivity contribution < 1.29 is 9.90 Å². The van der Waals surface area contributed by atoms with Gasteiger partial charge in [0, 0.05) is 12.6 Å². The Balaban J connectivity index is 1.53. The minimum Gasteiger partial charge on any atom is -0.478 e. The van der Waals surface area contributed by atoms with Gasteiger partial charge in [-0.15, -0.1) is 0 Å². The highest BCUT2D eigenvalue weighted by atomic mass is 16.4. The summed E-state index contributed by atoms with van der Waals surface area (Å²) in [5.41, 5.74) is 5.65. The van der Waals surface area contributed by atoms with Crippen LogP contribution >= 0.6 is 0 Å². The Kier molecular flexibility index (Phi) is 5.54. The molecule has 2 N–H and O–H groups in total. The molecule has 0 bridgehead atoms. The van der Waals surface area contributed by atoms with Gasteiger partial charge in [-0.1, -0.05) is 66.7 Å². The van der Waals surface area contributed by atoms with Crippen LogP contribution in [-0.2, 0) is 19.4 Å². The minimum absolute atomic E-state index is 0.296. The van der Waals surface area contributed by atoms with Crippen molar-refractivity contribution >= 4 is 5.97 Å². The van der Waals surface area contributed by atoms with Crippen LogP contribution in [0.25, 0.3) is 0 Å². The van der Waals surface area contributed by atoms with Crippen molar-refractivity contribution in [3.63, 3.8) is 0 Å². The molecule has 3 aromatic rings. The van der Waals surface area contributed by atoms with E-state index in [0.29, 0.717) is 17.5 Å². The smallest absolute Gasteiger partial charge is 0.335 e. The Hall–Kier alpha value is -2.91. The lowest BCUT2D eigenvalue weighted by Crippen LogP contribution is -2.33. The number of nitrogens with one attached hydrogen (secondary N) is 1. The van der Waals surface area contributed by atoms with Gasteiger partial charge >= 0.3 is 5.97 Å². The normalized spacial score (nSPS) is 18.4. The third-order valence-corrected chi connectivity index (χ3v) is 5.71. The molecule has 3 heteroatoms. The van der Waals surface area contributed by atoms with Gasteiger partial charge in [-0.05, 0) is 59.6 Å². The number of hydrogen-bond donors (Lipinski definition) is 2. The van der Waals surface area contributed by atoms with Gasteiger partial charge in [0.1, 0.15) is 0 Å². The van der Waals surface area contributed by atoms with Gasteiger partial charge < -0.3 is 10.4 Å². The van der Waals surface area contributed by atoms with Gasteiger partial charge in [-0.2, -0.15) is 0 Å². The van der Waals surface area contributed by atoms with Gasteiger partial charge in [0.15, 0.2) is 0 Å². The highest BCUT2D eigenvalue weighted by molar-refractivity contribution is 5.87. The first kappa shape index (κ1) is 18.5. The van der Waals surface area contributed by atoms with Crippen LogP contribution in [0.1, 0.15) is 45.1 Å². The molecule has 0 saturated carbocycles. The van der Waals surface area contributed by atoms with Gasteiger partial charge in [0.25, 0.3) is 0 Å². The SMILES string of the molecule is O=C(O)c1ccc(CNC2c3ccccc3CCC2Cc2ccccc2)cc1. The largest absolute Gasteiger partial charge is 0.478 e. The first-order valence-corrected chi connectivity index (χ1v) is 9.88. The van der Waals surface area contributed by atoms with Crippen molar-refractivity contribution in [1.82, 2.24) is 5.32 Å². The van der Waals surface area contributed by atoms with Gasteiger partial charge in [-0.25, -0.2) is 4.79 Å².